The Kier molecular flexibility index (Phi) is 11.2. The average Bonchev–Trinajstić information content (AvgIpc) is 2.64. The molecular formula is C22H35N3O6. The molecule has 0 aliphatic rings. The maximum Gasteiger partial charge on any atom is 0.317 e. The molecule has 0 saturated carbocycles. The van der Waals surface area contributed by atoms with E-state index in [1.54, 1.807) is 4.90 Å². The largest absolute Gasteiger partial charge is 0.480 e. The zero-order valence-corrected chi connectivity index (χ0v) is 18.8. The lowest BCUT2D eigenvalue weighted by Gasteiger charge is -2.34. The number of benzene rings is 1. The first-order chi connectivity index (χ1) is 14.5. The number of rotatable bonds is 15. The monoisotopic (exact) mass is 437 g/mol. The summed E-state index contributed by atoms with van der Waals surface area (Å²) in [4.78, 5) is 39.2. The molecular weight excluding hydrogens is 402 g/mol. The summed E-state index contributed by atoms with van der Waals surface area (Å²) in [6.45, 7) is 4.45. The van der Waals surface area contributed by atoms with Crippen LogP contribution in [0.3, 0.4) is 0 Å². The number of carboxylic acid groups (broad SMARTS) is 3. The van der Waals surface area contributed by atoms with Gasteiger partial charge in [0.25, 0.3) is 0 Å². The molecule has 0 fully saturated rings. The van der Waals surface area contributed by atoms with Crippen LogP contribution in [0.4, 0.5) is 0 Å². The third-order valence-electron chi connectivity index (χ3n) is 5.00. The van der Waals surface area contributed by atoms with Crippen LogP contribution in [0.15, 0.2) is 24.3 Å². The van der Waals surface area contributed by atoms with Crippen molar-refractivity contribution in [2.75, 3.05) is 53.4 Å². The molecule has 0 spiro atoms. The topological polar surface area (TPSA) is 122 Å². The highest BCUT2D eigenvalue weighted by atomic mass is 16.4. The number of hydrogen-bond acceptors (Lipinski definition) is 6. The van der Waals surface area contributed by atoms with Crippen LogP contribution in [-0.4, -0.2) is 107 Å². The van der Waals surface area contributed by atoms with Crippen LogP contribution in [0.1, 0.15) is 30.9 Å². The molecule has 0 amide bonds. The van der Waals surface area contributed by atoms with Crippen LogP contribution < -0.4 is 0 Å². The van der Waals surface area contributed by atoms with E-state index in [-0.39, 0.29) is 13.1 Å². The minimum Gasteiger partial charge on any atom is -0.480 e. The van der Waals surface area contributed by atoms with Crippen molar-refractivity contribution in [1.82, 2.24) is 14.7 Å². The lowest BCUT2D eigenvalue weighted by Crippen LogP contribution is -2.50. The summed E-state index contributed by atoms with van der Waals surface area (Å²) in [7, 11) is 3.77. The van der Waals surface area contributed by atoms with Gasteiger partial charge in [0.1, 0.15) is 0 Å². The summed E-state index contributed by atoms with van der Waals surface area (Å²) < 4.78 is 0. The molecule has 0 aliphatic carbocycles. The maximum absolute atomic E-state index is 11.4. The zero-order chi connectivity index (χ0) is 23.6. The Morgan fingerprint density at radius 3 is 1.77 bits per heavy atom. The van der Waals surface area contributed by atoms with Crippen molar-refractivity contribution in [3.05, 3.63) is 35.4 Å². The highest BCUT2D eigenvalue weighted by Gasteiger charge is 2.26. The van der Waals surface area contributed by atoms with Crippen molar-refractivity contribution in [2.24, 2.45) is 0 Å². The molecule has 1 aromatic carbocycles. The van der Waals surface area contributed by atoms with Crippen LogP contribution in [-0.2, 0) is 20.8 Å². The second-order valence-electron chi connectivity index (χ2n) is 8.38. The van der Waals surface area contributed by atoms with E-state index < -0.39 is 37.0 Å². The lowest BCUT2D eigenvalue weighted by atomic mass is 9.98. The Balaban J connectivity index is 3.16. The third-order valence-corrected chi connectivity index (χ3v) is 5.00. The van der Waals surface area contributed by atoms with Crippen LogP contribution >= 0.6 is 0 Å². The first-order valence-electron chi connectivity index (χ1n) is 10.3. The Bertz CT molecular complexity index is 704. The second kappa shape index (κ2) is 13.0. The Hall–Kier alpha value is -2.49. The quantitative estimate of drug-likeness (QED) is 0.371. The van der Waals surface area contributed by atoms with E-state index in [4.69, 9.17) is 0 Å². The van der Waals surface area contributed by atoms with Crippen LogP contribution in [0.2, 0.25) is 0 Å². The maximum atomic E-state index is 11.4. The van der Waals surface area contributed by atoms with Gasteiger partial charge in [-0.15, -0.1) is 0 Å². The van der Waals surface area contributed by atoms with Gasteiger partial charge in [0.15, 0.2) is 0 Å². The van der Waals surface area contributed by atoms with Gasteiger partial charge in [-0.05, 0) is 37.6 Å². The van der Waals surface area contributed by atoms with Crippen molar-refractivity contribution < 1.29 is 29.7 Å². The van der Waals surface area contributed by atoms with Crippen LogP contribution in [0.25, 0.3) is 0 Å². The number of carbonyl (C=O) groups is 3. The van der Waals surface area contributed by atoms with E-state index >= 15 is 0 Å². The predicted octanol–water partition coefficient (Wildman–Crippen LogP) is 1.14. The number of carboxylic acids is 3. The molecule has 9 nitrogen and oxygen atoms in total. The fourth-order valence-electron chi connectivity index (χ4n) is 3.35. The highest BCUT2D eigenvalue weighted by Crippen LogP contribution is 2.17. The van der Waals surface area contributed by atoms with E-state index in [0.717, 1.165) is 5.56 Å². The smallest absolute Gasteiger partial charge is 0.317 e. The van der Waals surface area contributed by atoms with Gasteiger partial charge in [-0.1, -0.05) is 38.1 Å². The van der Waals surface area contributed by atoms with Gasteiger partial charge in [-0.3, -0.25) is 24.2 Å². The number of hydrogen-bond donors (Lipinski definition) is 3. The first kappa shape index (κ1) is 26.5. The SMILES string of the molecule is CC(C)c1ccc(CC(CN(CCN(C)C)CC(=O)O)N(CC(=O)O)CC(=O)O)cc1. The van der Waals surface area contributed by atoms with Gasteiger partial charge >= 0.3 is 17.9 Å². The molecule has 1 rings (SSSR count). The second-order valence-corrected chi connectivity index (χ2v) is 8.38. The fraction of sp³-hybridized carbons (Fsp3) is 0.591. The summed E-state index contributed by atoms with van der Waals surface area (Å²) in [6.07, 6.45) is 0.414. The molecule has 0 saturated heterocycles. The summed E-state index contributed by atoms with van der Waals surface area (Å²) in [5.41, 5.74) is 2.12. The van der Waals surface area contributed by atoms with E-state index in [9.17, 15) is 29.7 Å². The number of aliphatic carboxylic acids is 3. The van der Waals surface area contributed by atoms with E-state index in [2.05, 4.69) is 13.8 Å². The lowest BCUT2D eigenvalue weighted by molar-refractivity contribution is -0.144. The zero-order valence-electron chi connectivity index (χ0n) is 18.8. The molecule has 174 valence electrons. The van der Waals surface area contributed by atoms with Crippen molar-refractivity contribution in [3.8, 4) is 0 Å². The summed E-state index contributed by atoms with van der Waals surface area (Å²) in [5, 5.41) is 27.9. The molecule has 0 aromatic heterocycles. The molecule has 9 heteroatoms. The average molecular weight is 438 g/mol. The van der Waals surface area contributed by atoms with Gasteiger partial charge in [0.2, 0.25) is 0 Å². The molecule has 0 heterocycles. The van der Waals surface area contributed by atoms with E-state index in [1.165, 1.54) is 10.5 Å². The van der Waals surface area contributed by atoms with E-state index in [1.807, 2.05) is 43.3 Å². The number of likely N-dealkylation sites (N-methyl/N-ethyl adjacent to an activating group) is 1. The van der Waals surface area contributed by atoms with Gasteiger partial charge in [-0.2, -0.15) is 0 Å². The van der Waals surface area contributed by atoms with Gasteiger partial charge < -0.3 is 20.2 Å². The molecule has 1 atom stereocenters. The number of nitrogens with zero attached hydrogens (tertiary/aromatic N) is 3. The Labute approximate surface area is 183 Å². The Morgan fingerprint density at radius 1 is 0.839 bits per heavy atom. The standard InChI is InChI=1S/C22H35N3O6/c1-16(2)18-7-5-17(6-8-18)11-19(25(14-21(28)29)15-22(30)31)12-24(13-20(26)27)10-9-23(3)4/h5-8,16,19H,9-15H2,1-4H3,(H,26,27)(H,28,29)(H,30,31). The molecule has 1 aromatic rings. The van der Waals surface area contributed by atoms with Gasteiger partial charge in [-0.25, -0.2) is 0 Å². The Morgan fingerprint density at radius 2 is 1.35 bits per heavy atom. The molecule has 0 aliphatic heterocycles. The van der Waals surface area contributed by atoms with Crippen molar-refractivity contribution in [3.63, 3.8) is 0 Å². The molecule has 0 bridgehead atoms. The van der Waals surface area contributed by atoms with Gasteiger partial charge in [0.05, 0.1) is 19.6 Å². The van der Waals surface area contributed by atoms with Gasteiger partial charge in [0, 0.05) is 25.7 Å². The summed E-state index contributed by atoms with van der Waals surface area (Å²) >= 11 is 0. The predicted molar refractivity (Wildman–Crippen MR) is 117 cm³/mol. The van der Waals surface area contributed by atoms with Crippen molar-refractivity contribution >= 4 is 17.9 Å². The normalized spacial score (nSPS) is 12.6. The van der Waals surface area contributed by atoms with Crippen LogP contribution in [0, 0.1) is 0 Å². The minimum absolute atomic E-state index is 0.204. The van der Waals surface area contributed by atoms with E-state index in [0.29, 0.717) is 25.4 Å². The van der Waals surface area contributed by atoms with Crippen molar-refractivity contribution in [2.45, 2.75) is 32.2 Å². The molecule has 3 N–H and O–H groups in total. The van der Waals surface area contributed by atoms with Crippen LogP contribution in [0.5, 0.6) is 0 Å². The molecule has 0 radical (unpaired) electrons. The third kappa shape index (κ3) is 10.9. The summed E-state index contributed by atoms with van der Waals surface area (Å²) in [6, 6.07) is 7.47. The minimum atomic E-state index is -1.13. The highest BCUT2D eigenvalue weighted by molar-refractivity contribution is 5.72. The molecule has 31 heavy (non-hydrogen) atoms. The summed E-state index contributed by atoms with van der Waals surface area (Å²) in [5.74, 6) is -2.86. The first-order valence-corrected chi connectivity index (χ1v) is 10.3. The molecule has 1 unspecified atom stereocenters. The fourth-order valence-corrected chi connectivity index (χ4v) is 3.35. The van der Waals surface area contributed by atoms with Crippen molar-refractivity contribution in [1.29, 1.82) is 0 Å².